The van der Waals surface area contributed by atoms with Gasteiger partial charge in [0.15, 0.2) is 5.11 Å². The molecule has 0 spiro atoms. The monoisotopic (exact) mass is 356 g/mol. The van der Waals surface area contributed by atoms with Crippen LogP contribution in [-0.2, 0) is 0 Å². The van der Waals surface area contributed by atoms with Crippen molar-refractivity contribution in [3.63, 3.8) is 0 Å². The van der Waals surface area contributed by atoms with Gasteiger partial charge in [-0.15, -0.1) is 0 Å². The number of hydrogen-bond acceptors (Lipinski definition) is 2. The molecule has 1 amide bonds. The number of carbonyl (C=O) groups is 1. The van der Waals surface area contributed by atoms with Gasteiger partial charge in [0.25, 0.3) is 5.91 Å². The molecule has 0 bridgehead atoms. The Hall–Kier alpha value is -0.980. The lowest BCUT2D eigenvalue weighted by atomic mass is 10.2. The minimum Gasteiger partial charge on any atom is -0.338 e. The van der Waals surface area contributed by atoms with Crippen LogP contribution in [0.2, 0.25) is 0 Å². The summed E-state index contributed by atoms with van der Waals surface area (Å²) in [5.41, 5.74) is 0.611. The Labute approximate surface area is 133 Å². The fourth-order valence-corrected chi connectivity index (χ4v) is 2.93. The lowest BCUT2D eigenvalue weighted by molar-refractivity contribution is -0.902. The molecule has 0 saturated carbocycles. The summed E-state index contributed by atoms with van der Waals surface area (Å²) in [5, 5.41) is 3.35. The average molecular weight is 357 g/mol. The molecule has 0 aromatic heterocycles. The van der Waals surface area contributed by atoms with Crippen molar-refractivity contribution in [3.05, 3.63) is 34.3 Å². The molecule has 0 unspecified atom stereocenters. The van der Waals surface area contributed by atoms with Gasteiger partial charge in [-0.2, -0.15) is 0 Å². The smallest absolute Gasteiger partial charge is 0.257 e. The Kier molecular flexibility index (Phi) is 5.51. The molecule has 0 aliphatic carbocycles. The molecule has 1 aromatic rings. The first kappa shape index (κ1) is 15.4. The normalized spacial score (nSPS) is 16.0. The van der Waals surface area contributed by atoms with Crippen LogP contribution in [0, 0.1) is 0 Å². The predicted octanol–water partition coefficient (Wildman–Crippen LogP) is 0.684. The van der Waals surface area contributed by atoms with E-state index in [9.17, 15) is 4.79 Å². The fourth-order valence-electron chi connectivity index (χ4n) is 2.26. The van der Waals surface area contributed by atoms with Gasteiger partial charge < -0.3 is 9.80 Å². The van der Waals surface area contributed by atoms with Gasteiger partial charge >= 0.3 is 0 Å². The van der Waals surface area contributed by atoms with Gasteiger partial charge in [-0.25, -0.2) is 0 Å². The van der Waals surface area contributed by atoms with E-state index < -0.39 is 0 Å². The van der Waals surface area contributed by atoms with E-state index >= 15 is 0 Å². The van der Waals surface area contributed by atoms with Gasteiger partial charge in [0.1, 0.15) is 0 Å². The summed E-state index contributed by atoms with van der Waals surface area (Å²) in [5.74, 6) is -0.151. The van der Waals surface area contributed by atoms with Crippen molar-refractivity contribution >= 4 is 39.2 Å². The first-order valence-electron chi connectivity index (χ1n) is 6.79. The van der Waals surface area contributed by atoms with E-state index in [1.807, 2.05) is 12.1 Å². The van der Waals surface area contributed by atoms with Crippen LogP contribution in [0.1, 0.15) is 17.3 Å². The summed E-state index contributed by atoms with van der Waals surface area (Å²) >= 11 is 8.69. The van der Waals surface area contributed by atoms with Crippen LogP contribution in [0.5, 0.6) is 0 Å². The second kappa shape index (κ2) is 7.15. The number of amides is 1. The number of benzene rings is 1. The van der Waals surface area contributed by atoms with Crippen LogP contribution < -0.4 is 10.2 Å². The highest BCUT2D eigenvalue weighted by Gasteiger charge is 2.21. The molecule has 108 valence electrons. The van der Waals surface area contributed by atoms with Crippen LogP contribution in [-0.4, -0.2) is 48.6 Å². The summed E-state index contributed by atoms with van der Waals surface area (Å²) in [6.45, 7) is 7.29. The van der Waals surface area contributed by atoms with E-state index in [0.29, 0.717) is 10.7 Å². The van der Waals surface area contributed by atoms with Gasteiger partial charge in [-0.1, -0.05) is 22.0 Å². The van der Waals surface area contributed by atoms with E-state index in [1.165, 1.54) is 0 Å². The van der Waals surface area contributed by atoms with Gasteiger partial charge in [-0.05, 0) is 37.3 Å². The van der Waals surface area contributed by atoms with Crippen molar-refractivity contribution in [2.24, 2.45) is 0 Å². The quantitative estimate of drug-likeness (QED) is 0.765. The molecular weight excluding hydrogens is 338 g/mol. The highest BCUT2D eigenvalue weighted by atomic mass is 79.9. The number of nitrogens with zero attached hydrogens (tertiary/aromatic N) is 1. The fraction of sp³-hybridized carbons (Fsp3) is 0.429. The van der Waals surface area contributed by atoms with Gasteiger partial charge in [0.05, 0.1) is 32.7 Å². The zero-order valence-corrected chi connectivity index (χ0v) is 13.9. The van der Waals surface area contributed by atoms with Crippen LogP contribution in [0.4, 0.5) is 0 Å². The first-order valence-corrected chi connectivity index (χ1v) is 7.99. The molecule has 1 fully saturated rings. The van der Waals surface area contributed by atoms with Crippen LogP contribution in [0.25, 0.3) is 0 Å². The van der Waals surface area contributed by atoms with E-state index in [1.54, 1.807) is 17.0 Å². The number of likely N-dealkylation sites (N-methyl/N-ethyl adjacent to an activating group) is 1. The van der Waals surface area contributed by atoms with Crippen LogP contribution >= 0.6 is 28.1 Å². The average Bonchev–Trinajstić information content (AvgIpc) is 2.47. The van der Waals surface area contributed by atoms with Gasteiger partial charge in [0, 0.05) is 10.0 Å². The van der Waals surface area contributed by atoms with Crippen molar-refractivity contribution in [1.82, 2.24) is 10.2 Å². The van der Waals surface area contributed by atoms with Gasteiger partial charge in [0.2, 0.25) is 0 Å². The number of quaternary nitrogens is 1. The van der Waals surface area contributed by atoms with Crippen molar-refractivity contribution in [2.75, 3.05) is 32.7 Å². The summed E-state index contributed by atoms with van der Waals surface area (Å²) in [6.07, 6.45) is 0. The summed E-state index contributed by atoms with van der Waals surface area (Å²) in [4.78, 5) is 15.8. The van der Waals surface area contributed by atoms with Crippen LogP contribution in [0.3, 0.4) is 0 Å². The number of halogens is 1. The Morgan fingerprint density at radius 1 is 1.45 bits per heavy atom. The maximum absolute atomic E-state index is 12.1. The highest BCUT2D eigenvalue weighted by molar-refractivity contribution is 9.10. The molecule has 1 aromatic carbocycles. The third kappa shape index (κ3) is 4.01. The minimum atomic E-state index is -0.151. The third-order valence-electron chi connectivity index (χ3n) is 3.57. The van der Waals surface area contributed by atoms with Crippen molar-refractivity contribution < 1.29 is 9.69 Å². The lowest BCUT2D eigenvalue weighted by Crippen LogP contribution is -3.14. The SMILES string of the molecule is CC[NH+]1CCN(C(=S)NC(=O)c2cccc(Br)c2)CC1. The predicted molar refractivity (Wildman–Crippen MR) is 87.0 cm³/mol. The standard InChI is InChI=1S/C14H18BrN3OS/c1-2-17-6-8-18(9-7-17)14(20)16-13(19)11-4-3-5-12(15)10-11/h3-5,10H,2,6-9H2,1H3,(H,16,19,20)/p+1. The lowest BCUT2D eigenvalue weighted by Gasteiger charge is -2.33. The molecule has 0 atom stereocenters. The maximum Gasteiger partial charge on any atom is 0.257 e. The topological polar surface area (TPSA) is 36.8 Å². The number of rotatable bonds is 2. The molecule has 4 nitrogen and oxygen atoms in total. The van der Waals surface area contributed by atoms with E-state index in [4.69, 9.17) is 12.2 Å². The van der Waals surface area contributed by atoms with E-state index in [0.717, 1.165) is 37.2 Å². The number of carbonyl (C=O) groups excluding carboxylic acids is 1. The molecule has 2 N–H and O–H groups in total. The maximum atomic E-state index is 12.1. The number of piperazine rings is 1. The largest absolute Gasteiger partial charge is 0.338 e. The van der Waals surface area contributed by atoms with E-state index in [2.05, 4.69) is 33.1 Å². The molecule has 0 radical (unpaired) electrons. The Morgan fingerprint density at radius 2 is 2.15 bits per heavy atom. The number of thiocarbonyl (C=S) groups is 1. The summed E-state index contributed by atoms with van der Waals surface area (Å²) in [7, 11) is 0. The van der Waals surface area contributed by atoms with Crippen molar-refractivity contribution in [1.29, 1.82) is 0 Å². The summed E-state index contributed by atoms with van der Waals surface area (Å²) < 4.78 is 0.885. The number of hydrogen-bond donors (Lipinski definition) is 2. The molecule has 20 heavy (non-hydrogen) atoms. The second-order valence-corrected chi connectivity index (χ2v) is 6.16. The Balaban J connectivity index is 1.90. The highest BCUT2D eigenvalue weighted by Crippen LogP contribution is 2.11. The van der Waals surface area contributed by atoms with Crippen molar-refractivity contribution in [3.8, 4) is 0 Å². The van der Waals surface area contributed by atoms with Crippen molar-refractivity contribution in [2.45, 2.75) is 6.92 Å². The van der Waals surface area contributed by atoms with Crippen LogP contribution in [0.15, 0.2) is 28.7 Å². The molecular formula is C14H19BrN3OS+. The molecule has 1 aliphatic heterocycles. The first-order chi connectivity index (χ1) is 9.60. The second-order valence-electron chi connectivity index (χ2n) is 4.86. The number of nitrogens with one attached hydrogen (secondary N) is 2. The molecule has 6 heteroatoms. The Morgan fingerprint density at radius 3 is 2.75 bits per heavy atom. The summed E-state index contributed by atoms with van der Waals surface area (Å²) in [6, 6.07) is 7.30. The molecule has 1 heterocycles. The minimum absolute atomic E-state index is 0.151. The zero-order valence-electron chi connectivity index (χ0n) is 11.5. The third-order valence-corrected chi connectivity index (χ3v) is 4.42. The zero-order chi connectivity index (χ0) is 14.5. The molecule has 1 saturated heterocycles. The van der Waals surface area contributed by atoms with Gasteiger partial charge in [-0.3, -0.25) is 10.1 Å². The molecule has 2 rings (SSSR count). The molecule has 1 aliphatic rings. The Bertz CT molecular complexity index is 501. The van der Waals surface area contributed by atoms with E-state index in [-0.39, 0.29) is 5.91 Å².